The van der Waals surface area contributed by atoms with E-state index in [-0.39, 0.29) is 12.8 Å². The summed E-state index contributed by atoms with van der Waals surface area (Å²) >= 11 is 0. The Morgan fingerprint density at radius 2 is 2.09 bits per heavy atom. The van der Waals surface area contributed by atoms with Gasteiger partial charge in [0.1, 0.15) is 12.7 Å². The fourth-order valence-corrected chi connectivity index (χ4v) is 0.481. The zero-order valence-corrected chi connectivity index (χ0v) is 6.23. The van der Waals surface area contributed by atoms with E-state index in [1.165, 1.54) is 12.7 Å². The zero-order chi connectivity index (χ0) is 7.94. The van der Waals surface area contributed by atoms with Crippen LogP contribution in [0.1, 0.15) is 6.92 Å². The summed E-state index contributed by atoms with van der Waals surface area (Å²) in [6, 6.07) is 0.286. The fraction of sp³-hybridized carbons (Fsp3) is 0.500. The monoisotopic (exact) mass is 155 g/mol. The molecule has 0 aliphatic rings. The number of ether oxygens (including phenoxy) is 2. The van der Waals surface area contributed by atoms with Crippen LogP contribution in [0.15, 0.2) is 12.7 Å². The smallest absolute Gasteiger partial charge is 0.321 e. The Morgan fingerprint density at radius 3 is 2.73 bits per heavy atom. The molecule has 1 heterocycles. The lowest BCUT2D eigenvalue weighted by molar-refractivity contribution is 0.0165. The predicted molar refractivity (Wildman–Crippen MR) is 36.9 cm³/mol. The maximum Gasteiger partial charge on any atom is 0.321 e. The van der Waals surface area contributed by atoms with Crippen molar-refractivity contribution in [2.75, 3.05) is 13.4 Å². The summed E-state index contributed by atoms with van der Waals surface area (Å²) in [5, 5.41) is 0. The van der Waals surface area contributed by atoms with Crippen molar-refractivity contribution in [3.8, 4) is 6.01 Å². The van der Waals surface area contributed by atoms with Crippen molar-refractivity contribution >= 4 is 0 Å². The summed E-state index contributed by atoms with van der Waals surface area (Å²) in [6.07, 6.45) is 2.74. The molecule has 0 aliphatic heterocycles. The Balaban J connectivity index is 2.28. The third-order valence-electron chi connectivity index (χ3n) is 0.945. The van der Waals surface area contributed by atoms with Crippen LogP contribution in [0.4, 0.5) is 0 Å². The molecular formula is C6H9N3O2. The lowest BCUT2D eigenvalue weighted by Gasteiger charge is -2.01. The Bertz CT molecular complexity index is 192. The van der Waals surface area contributed by atoms with Crippen molar-refractivity contribution in [2.24, 2.45) is 0 Å². The minimum atomic E-state index is 0.181. The molecule has 60 valence electrons. The van der Waals surface area contributed by atoms with E-state index in [9.17, 15) is 0 Å². The van der Waals surface area contributed by atoms with E-state index in [0.29, 0.717) is 6.61 Å². The first kappa shape index (κ1) is 7.87. The van der Waals surface area contributed by atoms with Crippen molar-refractivity contribution in [2.45, 2.75) is 6.92 Å². The molecule has 0 N–H and O–H groups in total. The minimum absolute atomic E-state index is 0.181. The second-order valence-corrected chi connectivity index (χ2v) is 1.68. The van der Waals surface area contributed by atoms with Crippen molar-refractivity contribution in [1.82, 2.24) is 15.0 Å². The van der Waals surface area contributed by atoms with Gasteiger partial charge in [-0.2, -0.15) is 9.97 Å². The van der Waals surface area contributed by atoms with Crippen LogP contribution in [0.25, 0.3) is 0 Å². The first-order valence-electron chi connectivity index (χ1n) is 3.26. The SMILES string of the molecule is CCOCOc1ncncn1. The molecule has 0 aliphatic carbocycles. The molecule has 1 aromatic heterocycles. The second kappa shape index (κ2) is 4.56. The third-order valence-corrected chi connectivity index (χ3v) is 0.945. The van der Waals surface area contributed by atoms with Gasteiger partial charge >= 0.3 is 6.01 Å². The highest BCUT2D eigenvalue weighted by Crippen LogP contribution is 1.94. The molecule has 0 unspecified atom stereocenters. The van der Waals surface area contributed by atoms with Gasteiger partial charge in [-0.1, -0.05) is 0 Å². The minimum Gasteiger partial charge on any atom is -0.436 e. The van der Waals surface area contributed by atoms with Gasteiger partial charge in [0.2, 0.25) is 0 Å². The van der Waals surface area contributed by atoms with Crippen molar-refractivity contribution in [3.63, 3.8) is 0 Å². The first-order valence-corrected chi connectivity index (χ1v) is 3.26. The normalized spacial score (nSPS) is 9.55. The molecule has 11 heavy (non-hydrogen) atoms. The number of nitrogens with zero attached hydrogens (tertiary/aromatic N) is 3. The molecule has 0 atom stereocenters. The molecule has 5 nitrogen and oxygen atoms in total. The predicted octanol–water partition coefficient (Wildman–Crippen LogP) is 0.244. The highest BCUT2D eigenvalue weighted by atomic mass is 16.7. The van der Waals surface area contributed by atoms with Crippen molar-refractivity contribution in [1.29, 1.82) is 0 Å². The van der Waals surface area contributed by atoms with Gasteiger partial charge in [0.05, 0.1) is 0 Å². The van der Waals surface area contributed by atoms with E-state index in [0.717, 1.165) is 0 Å². The van der Waals surface area contributed by atoms with E-state index in [1.807, 2.05) is 6.92 Å². The van der Waals surface area contributed by atoms with Gasteiger partial charge in [0.25, 0.3) is 0 Å². The molecule has 0 aromatic carbocycles. The van der Waals surface area contributed by atoms with Crippen LogP contribution in [0.3, 0.4) is 0 Å². The van der Waals surface area contributed by atoms with Crippen molar-refractivity contribution < 1.29 is 9.47 Å². The number of hydrogen-bond acceptors (Lipinski definition) is 5. The van der Waals surface area contributed by atoms with E-state index in [2.05, 4.69) is 15.0 Å². The summed E-state index contributed by atoms with van der Waals surface area (Å²) in [4.78, 5) is 11.1. The summed E-state index contributed by atoms with van der Waals surface area (Å²) < 4.78 is 9.88. The molecule has 0 spiro atoms. The first-order chi connectivity index (χ1) is 5.43. The van der Waals surface area contributed by atoms with Gasteiger partial charge < -0.3 is 9.47 Å². The van der Waals surface area contributed by atoms with Gasteiger partial charge in [-0.15, -0.1) is 0 Å². The van der Waals surface area contributed by atoms with E-state index >= 15 is 0 Å². The molecule has 0 amide bonds. The molecule has 0 saturated carbocycles. The molecule has 0 fully saturated rings. The van der Waals surface area contributed by atoms with E-state index in [4.69, 9.17) is 9.47 Å². The van der Waals surface area contributed by atoms with Gasteiger partial charge in [0.15, 0.2) is 6.79 Å². The van der Waals surface area contributed by atoms with E-state index < -0.39 is 0 Å². The zero-order valence-electron chi connectivity index (χ0n) is 6.23. The highest BCUT2D eigenvalue weighted by molar-refractivity contribution is 4.85. The third kappa shape index (κ3) is 2.90. The molecule has 5 heteroatoms. The van der Waals surface area contributed by atoms with Crippen LogP contribution in [0.5, 0.6) is 6.01 Å². The quantitative estimate of drug-likeness (QED) is 0.460. The summed E-state index contributed by atoms with van der Waals surface area (Å²) in [7, 11) is 0. The van der Waals surface area contributed by atoms with Crippen LogP contribution in [0, 0.1) is 0 Å². The van der Waals surface area contributed by atoms with Crippen LogP contribution in [0.2, 0.25) is 0 Å². The summed E-state index contributed by atoms with van der Waals surface area (Å²) in [5.74, 6) is 0. The maximum atomic E-state index is 4.96. The fourth-order valence-electron chi connectivity index (χ4n) is 0.481. The summed E-state index contributed by atoms with van der Waals surface area (Å²) in [6.45, 7) is 2.68. The Labute approximate surface area is 64.4 Å². The van der Waals surface area contributed by atoms with Crippen molar-refractivity contribution in [3.05, 3.63) is 12.7 Å². The number of hydrogen-bond donors (Lipinski definition) is 0. The Morgan fingerprint density at radius 1 is 1.36 bits per heavy atom. The second-order valence-electron chi connectivity index (χ2n) is 1.68. The molecule has 1 rings (SSSR count). The Hall–Kier alpha value is -1.23. The standard InChI is InChI=1S/C6H9N3O2/c1-2-10-5-11-6-8-3-7-4-9-6/h3-4H,2,5H2,1H3. The molecule has 1 aromatic rings. The van der Waals surface area contributed by atoms with Gasteiger partial charge in [-0.3, -0.25) is 0 Å². The summed E-state index contributed by atoms with van der Waals surface area (Å²) in [5.41, 5.74) is 0. The average Bonchev–Trinajstić information content (AvgIpc) is 2.07. The van der Waals surface area contributed by atoms with Crippen LogP contribution in [-0.4, -0.2) is 28.4 Å². The molecule has 0 radical (unpaired) electrons. The number of aromatic nitrogens is 3. The van der Waals surface area contributed by atoms with Gasteiger partial charge in [-0.05, 0) is 6.92 Å². The van der Waals surface area contributed by atoms with Gasteiger partial charge in [0, 0.05) is 6.61 Å². The largest absolute Gasteiger partial charge is 0.436 e. The molecule has 0 saturated heterocycles. The lowest BCUT2D eigenvalue weighted by Crippen LogP contribution is -2.04. The molecular weight excluding hydrogens is 146 g/mol. The molecule has 0 bridgehead atoms. The van der Waals surface area contributed by atoms with E-state index in [1.54, 1.807) is 0 Å². The lowest BCUT2D eigenvalue weighted by atomic mass is 10.9. The topological polar surface area (TPSA) is 57.1 Å². The average molecular weight is 155 g/mol. The van der Waals surface area contributed by atoms with Crippen LogP contribution in [-0.2, 0) is 4.74 Å². The Kier molecular flexibility index (Phi) is 3.27. The van der Waals surface area contributed by atoms with Gasteiger partial charge in [-0.25, -0.2) is 4.98 Å². The maximum absolute atomic E-state index is 4.96. The van der Waals surface area contributed by atoms with Crippen LogP contribution >= 0.6 is 0 Å². The number of rotatable bonds is 4. The highest BCUT2D eigenvalue weighted by Gasteiger charge is 1.92. The van der Waals surface area contributed by atoms with Crippen LogP contribution < -0.4 is 4.74 Å².